The van der Waals surface area contributed by atoms with Crippen LogP contribution in [0, 0.1) is 0 Å². The molecule has 0 aliphatic rings. The number of hydrogen-bond acceptors (Lipinski definition) is 3. The van der Waals surface area contributed by atoms with Crippen LogP contribution in [0.5, 0.6) is 0 Å². The van der Waals surface area contributed by atoms with E-state index in [1.165, 1.54) is 0 Å². The molecule has 3 aromatic rings. The van der Waals surface area contributed by atoms with Gasteiger partial charge in [-0.15, -0.1) is 0 Å². The quantitative estimate of drug-likeness (QED) is 0.764. The highest BCUT2D eigenvalue weighted by molar-refractivity contribution is 5.77. The Kier molecular flexibility index (Phi) is 2.61. The second-order valence-electron chi connectivity index (χ2n) is 5.04. The monoisotopic (exact) mass is 253 g/mol. The van der Waals surface area contributed by atoms with E-state index in [1.807, 2.05) is 41.0 Å². The van der Waals surface area contributed by atoms with Gasteiger partial charge in [0.05, 0.1) is 16.6 Å². The molecule has 3 rings (SSSR count). The van der Waals surface area contributed by atoms with Crippen molar-refractivity contribution in [3.05, 3.63) is 54.5 Å². The Bertz CT molecular complexity index is 725. The first-order valence-corrected chi connectivity index (χ1v) is 6.18. The number of aromatic nitrogens is 3. The first-order valence-electron chi connectivity index (χ1n) is 6.18. The minimum absolute atomic E-state index is 0.712. The Labute approximate surface area is 111 Å². The first-order chi connectivity index (χ1) is 9.07. The maximum absolute atomic E-state index is 10.3. The Morgan fingerprint density at radius 1 is 1.05 bits per heavy atom. The standard InChI is InChI=1S/C15H15N3O/c1-15(2,19)11-6-5-9-16-14(11)18-10-17-12-7-3-4-8-13(12)18/h3-10,19H,1-2H3. The Balaban J connectivity index is 2.28. The van der Waals surface area contributed by atoms with Crippen molar-refractivity contribution < 1.29 is 5.11 Å². The van der Waals surface area contributed by atoms with Crippen molar-refractivity contribution in [1.82, 2.24) is 14.5 Å². The molecule has 1 aromatic carbocycles. The molecule has 0 aliphatic heterocycles. The van der Waals surface area contributed by atoms with Gasteiger partial charge in [-0.1, -0.05) is 18.2 Å². The summed E-state index contributed by atoms with van der Waals surface area (Å²) in [5.41, 5.74) is 1.72. The number of benzene rings is 1. The summed E-state index contributed by atoms with van der Waals surface area (Å²) in [7, 11) is 0. The smallest absolute Gasteiger partial charge is 0.144 e. The van der Waals surface area contributed by atoms with Crippen LogP contribution in [0.25, 0.3) is 16.9 Å². The second-order valence-corrected chi connectivity index (χ2v) is 5.04. The number of para-hydroxylation sites is 2. The van der Waals surface area contributed by atoms with Crippen LogP contribution >= 0.6 is 0 Å². The van der Waals surface area contributed by atoms with E-state index >= 15 is 0 Å². The van der Waals surface area contributed by atoms with Crippen LogP contribution < -0.4 is 0 Å². The van der Waals surface area contributed by atoms with Gasteiger partial charge in [-0.2, -0.15) is 0 Å². The summed E-state index contributed by atoms with van der Waals surface area (Å²) in [6.45, 7) is 3.51. The predicted octanol–water partition coefficient (Wildman–Crippen LogP) is 2.65. The zero-order valence-electron chi connectivity index (χ0n) is 10.9. The minimum atomic E-state index is -0.949. The average Bonchev–Trinajstić information content (AvgIpc) is 2.81. The number of aliphatic hydroxyl groups is 1. The maximum atomic E-state index is 10.3. The molecule has 0 bridgehead atoms. The fourth-order valence-electron chi connectivity index (χ4n) is 2.19. The summed E-state index contributed by atoms with van der Waals surface area (Å²) in [5.74, 6) is 0.712. The molecule has 0 amide bonds. The number of rotatable bonds is 2. The molecule has 19 heavy (non-hydrogen) atoms. The van der Waals surface area contributed by atoms with E-state index in [4.69, 9.17) is 0 Å². The van der Waals surface area contributed by atoms with Crippen molar-refractivity contribution in [3.8, 4) is 5.82 Å². The van der Waals surface area contributed by atoms with E-state index in [-0.39, 0.29) is 0 Å². The molecule has 0 unspecified atom stereocenters. The lowest BCUT2D eigenvalue weighted by Gasteiger charge is -2.21. The SMILES string of the molecule is CC(C)(O)c1cccnc1-n1cnc2ccccc21. The molecule has 4 nitrogen and oxygen atoms in total. The van der Waals surface area contributed by atoms with Gasteiger partial charge in [0.1, 0.15) is 12.1 Å². The second kappa shape index (κ2) is 4.17. The van der Waals surface area contributed by atoms with Crippen LogP contribution in [0.4, 0.5) is 0 Å². The lowest BCUT2D eigenvalue weighted by molar-refractivity contribution is 0.0782. The van der Waals surface area contributed by atoms with E-state index in [2.05, 4.69) is 9.97 Å². The molecule has 0 saturated carbocycles. The summed E-state index contributed by atoms with van der Waals surface area (Å²) in [5, 5.41) is 10.3. The van der Waals surface area contributed by atoms with Crippen LogP contribution in [0.1, 0.15) is 19.4 Å². The molecule has 0 radical (unpaired) electrons. The zero-order chi connectivity index (χ0) is 13.5. The van der Waals surface area contributed by atoms with Crippen LogP contribution in [-0.2, 0) is 5.60 Å². The Morgan fingerprint density at radius 3 is 2.63 bits per heavy atom. The van der Waals surface area contributed by atoms with E-state index in [0.29, 0.717) is 5.82 Å². The highest BCUT2D eigenvalue weighted by Crippen LogP contribution is 2.26. The van der Waals surface area contributed by atoms with Gasteiger partial charge in [-0.25, -0.2) is 9.97 Å². The van der Waals surface area contributed by atoms with Crippen molar-refractivity contribution in [1.29, 1.82) is 0 Å². The number of pyridine rings is 1. The van der Waals surface area contributed by atoms with Crippen LogP contribution in [0.15, 0.2) is 48.9 Å². The lowest BCUT2D eigenvalue weighted by Crippen LogP contribution is -2.19. The normalized spacial score (nSPS) is 11.9. The van der Waals surface area contributed by atoms with Crippen LogP contribution in [-0.4, -0.2) is 19.6 Å². The molecule has 96 valence electrons. The molecule has 2 heterocycles. The number of fused-ring (bicyclic) bond motifs is 1. The van der Waals surface area contributed by atoms with Crippen molar-refractivity contribution >= 4 is 11.0 Å². The van der Waals surface area contributed by atoms with Gasteiger partial charge in [-0.05, 0) is 32.0 Å². The highest BCUT2D eigenvalue weighted by Gasteiger charge is 2.22. The highest BCUT2D eigenvalue weighted by atomic mass is 16.3. The lowest BCUT2D eigenvalue weighted by atomic mass is 9.99. The molecule has 0 atom stereocenters. The summed E-state index contributed by atoms with van der Waals surface area (Å²) in [6, 6.07) is 11.6. The largest absolute Gasteiger partial charge is 0.386 e. The molecule has 0 spiro atoms. The third-order valence-corrected chi connectivity index (χ3v) is 3.13. The molecular formula is C15H15N3O. The number of nitrogens with zero attached hydrogens (tertiary/aromatic N) is 3. The zero-order valence-corrected chi connectivity index (χ0v) is 10.9. The first kappa shape index (κ1) is 11.9. The summed E-state index contributed by atoms with van der Waals surface area (Å²) in [6.07, 6.45) is 3.46. The minimum Gasteiger partial charge on any atom is -0.386 e. The van der Waals surface area contributed by atoms with Crippen molar-refractivity contribution in [3.63, 3.8) is 0 Å². The molecule has 4 heteroatoms. The predicted molar refractivity (Wildman–Crippen MR) is 74.1 cm³/mol. The summed E-state index contributed by atoms with van der Waals surface area (Å²) in [4.78, 5) is 8.76. The number of imidazole rings is 1. The van der Waals surface area contributed by atoms with Gasteiger partial charge in [0.25, 0.3) is 0 Å². The third-order valence-electron chi connectivity index (χ3n) is 3.13. The van der Waals surface area contributed by atoms with Crippen molar-refractivity contribution in [2.75, 3.05) is 0 Å². The third kappa shape index (κ3) is 2.00. The topological polar surface area (TPSA) is 50.9 Å². The van der Waals surface area contributed by atoms with Gasteiger partial charge >= 0.3 is 0 Å². The van der Waals surface area contributed by atoms with Gasteiger partial charge in [0.2, 0.25) is 0 Å². The van der Waals surface area contributed by atoms with E-state index in [1.54, 1.807) is 26.4 Å². The summed E-state index contributed by atoms with van der Waals surface area (Å²) >= 11 is 0. The molecular weight excluding hydrogens is 238 g/mol. The molecule has 1 N–H and O–H groups in total. The van der Waals surface area contributed by atoms with E-state index < -0.39 is 5.60 Å². The van der Waals surface area contributed by atoms with Gasteiger partial charge in [0.15, 0.2) is 0 Å². The fraction of sp³-hybridized carbons (Fsp3) is 0.200. The van der Waals surface area contributed by atoms with Gasteiger partial charge in [-0.3, -0.25) is 4.57 Å². The average molecular weight is 253 g/mol. The van der Waals surface area contributed by atoms with Gasteiger partial charge < -0.3 is 5.11 Å². The fourth-order valence-corrected chi connectivity index (χ4v) is 2.19. The summed E-state index contributed by atoms with van der Waals surface area (Å²) < 4.78 is 1.91. The molecule has 2 aromatic heterocycles. The molecule has 0 fully saturated rings. The van der Waals surface area contributed by atoms with Crippen molar-refractivity contribution in [2.24, 2.45) is 0 Å². The van der Waals surface area contributed by atoms with E-state index in [0.717, 1.165) is 16.6 Å². The van der Waals surface area contributed by atoms with Crippen LogP contribution in [0.3, 0.4) is 0 Å². The molecule has 0 saturated heterocycles. The van der Waals surface area contributed by atoms with E-state index in [9.17, 15) is 5.11 Å². The Morgan fingerprint density at radius 2 is 1.84 bits per heavy atom. The number of hydrogen-bond donors (Lipinski definition) is 1. The molecule has 0 aliphatic carbocycles. The van der Waals surface area contributed by atoms with Gasteiger partial charge in [0, 0.05) is 11.8 Å². The van der Waals surface area contributed by atoms with Crippen molar-refractivity contribution in [2.45, 2.75) is 19.4 Å². The van der Waals surface area contributed by atoms with Crippen LogP contribution in [0.2, 0.25) is 0 Å². The Hall–Kier alpha value is -2.20. The maximum Gasteiger partial charge on any atom is 0.144 e.